The fraction of sp³-hybridized carbons (Fsp3) is 0.579. The van der Waals surface area contributed by atoms with Crippen molar-refractivity contribution in [2.24, 2.45) is 0 Å². The van der Waals surface area contributed by atoms with Crippen LogP contribution < -0.4 is 4.90 Å². The second kappa shape index (κ2) is 8.71. The molecule has 1 aliphatic rings. The number of nitrogens with zero attached hydrogens (tertiary/aromatic N) is 4. The van der Waals surface area contributed by atoms with Crippen LogP contribution >= 0.6 is 22.9 Å². The van der Waals surface area contributed by atoms with Crippen LogP contribution in [-0.4, -0.2) is 65.3 Å². The monoisotopic (exact) mass is 440 g/mol. The van der Waals surface area contributed by atoms with Crippen molar-refractivity contribution in [1.29, 1.82) is 0 Å². The Morgan fingerprint density at radius 2 is 1.97 bits per heavy atom. The minimum absolute atomic E-state index is 0.123. The number of hydrogen-bond acceptors (Lipinski definition) is 8. The summed E-state index contributed by atoms with van der Waals surface area (Å²) in [5.74, 6) is 0.187. The minimum atomic E-state index is -0.541. The molecule has 158 valence electrons. The zero-order valence-corrected chi connectivity index (χ0v) is 18.6. The number of amides is 1. The first kappa shape index (κ1) is 21.6. The molecule has 8 nitrogen and oxygen atoms in total. The fourth-order valence-electron chi connectivity index (χ4n) is 3.12. The van der Waals surface area contributed by atoms with Crippen LogP contribution in [0.15, 0.2) is 5.38 Å². The molecular formula is C19H25ClN4O4S. The normalized spacial score (nSPS) is 15.3. The zero-order chi connectivity index (χ0) is 21.2. The van der Waals surface area contributed by atoms with E-state index in [0.29, 0.717) is 47.8 Å². The Labute approximate surface area is 178 Å². The number of carbonyl (C=O) groups is 2. The van der Waals surface area contributed by atoms with E-state index in [9.17, 15) is 9.59 Å². The van der Waals surface area contributed by atoms with Crippen molar-refractivity contribution >= 4 is 51.0 Å². The van der Waals surface area contributed by atoms with Crippen LogP contribution in [0.4, 0.5) is 10.6 Å². The van der Waals surface area contributed by atoms with E-state index in [-0.39, 0.29) is 18.0 Å². The van der Waals surface area contributed by atoms with Gasteiger partial charge in [-0.2, -0.15) is 4.98 Å². The zero-order valence-electron chi connectivity index (χ0n) is 17.0. The summed E-state index contributed by atoms with van der Waals surface area (Å²) >= 11 is 7.47. The lowest BCUT2D eigenvalue weighted by Crippen LogP contribution is -2.39. The van der Waals surface area contributed by atoms with Gasteiger partial charge < -0.3 is 19.3 Å². The molecule has 2 aromatic rings. The minimum Gasteiger partial charge on any atom is -0.462 e. The summed E-state index contributed by atoms with van der Waals surface area (Å²) in [4.78, 5) is 37.9. The van der Waals surface area contributed by atoms with E-state index < -0.39 is 11.6 Å². The van der Waals surface area contributed by atoms with E-state index in [1.807, 2.05) is 25.7 Å². The van der Waals surface area contributed by atoms with Crippen LogP contribution in [0.1, 0.15) is 44.5 Å². The second-order valence-corrected chi connectivity index (χ2v) is 8.87. The molecule has 0 unspecified atom stereocenters. The van der Waals surface area contributed by atoms with Crippen LogP contribution in [0.5, 0.6) is 0 Å². The molecule has 3 rings (SSSR count). The quantitative estimate of drug-likeness (QED) is 0.527. The average molecular weight is 441 g/mol. The smallest absolute Gasteiger partial charge is 0.410 e. The first-order valence-corrected chi connectivity index (χ1v) is 10.8. The number of aromatic nitrogens is 2. The van der Waals surface area contributed by atoms with Crippen LogP contribution in [-0.2, 0) is 9.47 Å². The number of halogens is 1. The standard InChI is InChI=1S/C19H25ClN4O4S/c1-5-27-16(25)12-11-29-15-13(12)14(21-17(20)22-15)23-7-6-8-24(10-9-23)18(26)28-19(2,3)4/h11H,5-10H2,1-4H3. The van der Waals surface area contributed by atoms with Gasteiger partial charge in [-0.15, -0.1) is 11.3 Å². The highest BCUT2D eigenvalue weighted by Gasteiger charge is 2.27. The number of esters is 1. The molecule has 0 saturated carbocycles. The third kappa shape index (κ3) is 5.08. The molecule has 0 radical (unpaired) electrons. The van der Waals surface area contributed by atoms with Crippen LogP contribution in [0.3, 0.4) is 0 Å². The molecule has 0 aliphatic carbocycles. The molecule has 1 aliphatic heterocycles. The molecular weight excluding hydrogens is 416 g/mol. The molecule has 0 aromatic carbocycles. The van der Waals surface area contributed by atoms with Gasteiger partial charge in [-0.1, -0.05) is 0 Å². The van der Waals surface area contributed by atoms with Gasteiger partial charge in [0, 0.05) is 31.6 Å². The van der Waals surface area contributed by atoms with E-state index >= 15 is 0 Å². The van der Waals surface area contributed by atoms with Gasteiger partial charge in [0.1, 0.15) is 16.2 Å². The average Bonchev–Trinajstić information content (AvgIpc) is 2.88. The number of rotatable bonds is 3. The lowest BCUT2D eigenvalue weighted by Gasteiger charge is -2.26. The molecule has 0 N–H and O–H groups in total. The van der Waals surface area contributed by atoms with Gasteiger partial charge in [-0.25, -0.2) is 14.6 Å². The number of carbonyl (C=O) groups excluding carboxylic acids is 2. The van der Waals surface area contributed by atoms with Gasteiger partial charge in [0.15, 0.2) is 0 Å². The Balaban J connectivity index is 1.87. The molecule has 3 heterocycles. The van der Waals surface area contributed by atoms with Gasteiger partial charge in [-0.05, 0) is 45.7 Å². The van der Waals surface area contributed by atoms with E-state index in [1.54, 1.807) is 17.2 Å². The van der Waals surface area contributed by atoms with E-state index in [1.165, 1.54) is 11.3 Å². The Morgan fingerprint density at radius 1 is 1.21 bits per heavy atom. The summed E-state index contributed by atoms with van der Waals surface area (Å²) in [6.07, 6.45) is 0.411. The number of fused-ring (bicyclic) bond motifs is 1. The Morgan fingerprint density at radius 3 is 2.66 bits per heavy atom. The fourth-order valence-corrected chi connectivity index (χ4v) is 4.24. The van der Waals surface area contributed by atoms with Crippen LogP contribution in [0.25, 0.3) is 10.2 Å². The van der Waals surface area contributed by atoms with Crippen molar-refractivity contribution < 1.29 is 19.1 Å². The summed E-state index contributed by atoms with van der Waals surface area (Å²) in [5.41, 5.74) is -0.104. The van der Waals surface area contributed by atoms with Crippen molar-refractivity contribution in [3.63, 3.8) is 0 Å². The maximum absolute atomic E-state index is 12.4. The summed E-state index contributed by atoms with van der Waals surface area (Å²) in [6.45, 7) is 9.87. The van der Waals surface area contributed by atoms with E-state index in [2.05, 4.69) is 9.97 Å². The van der Waals surface area contributed by atoms with Crippen molar-refractivity contribution in [2.45, 2.75) is 39.7 Å². The Bertz CT molecular complexity index is 911. The summed E-state index contributed by atoms with van der Waals surface area (Å²) in [6, 6.07) is 0. The number of ether oxygens (including phenoxy) is 2. The Hall–Kier alpha value is -2.13. The lowest BCUT2D eigenvalue weighted by atomic mass is 10.2. The van der Waals surface area contributed by atoms with Crippen molar-refractivity contribution in [2.75, 3.05) is 37.7 Å². The van der Waals surface area contributed by atoms with Crippen molar-refractivity contribution in [3.8, 4) is 0 Å². The highest BCUT2D eigenvalue weighted by atomic mass is 35.5. The van der Waals surface area contributed by atoms with E-state index in [0.717, 1.165) is 6.42 Å². The van der Waals surface area contributed by atoms with E-state index in [4.69, 9.17) is 21.1 Å². The topological polar surface area (TPSA) is 84.9 Å². The number of thiophene rings is 1. The van der Waals surface area contributed by atoms with Crippen molar-refractivity contribution in [3.05, 3.63) is 16.2 Å². The number of anilines is 1. The first-order valence-electron chi connectivity index (χ1n) is 9.54. The third-order valence-corrected chi connectivity index (χ3v) is 5.37. The van der Waals surface area contributed by atoms with Gasteiger partial charge in [0.2, 0.25) is 5.28 Å². The van der Waals surface area contributed by atoms with Gasteiger partial charge in [0.25, 0.3) is 0 Å². The second-order valence-electron chi connectivity index (χ2n) is 7.67. The Kier molecular flexibility index (Phi) is 6.48. The van der Waals surface area contributed by atoms with Crippen molar-refractivity contribution in [1.82, 2.24) is 14.9 Å². The number of hydrogen-bond donors (Lipinski definition) is 0. The largest absolute Gasteiger partial charge is 0.462 e. The molecule has 1 fully saturated rings. The maximum atomic E-state index is 12.4. The van der Waals surface area contributed by atoms with Gasteiger partial charge in [0.05, 0.1) is 17.6 Å². The van der Waals surface area contributed by atoms with Crippen LogP contribution in [0.2, 0.25) is 5.28 Å². The van der Waals surface area contributed by atoms with Gasteiger partial charge >= 0.3 is 12.1 Å². The van der Waals surface area contributed by atoms with Crippen LogP contribution in [0, 0.1) is 0 Å². The molecule has 2 aromatic heterocycles. The predicted molar refractivity (Wildman–Crippen MR) is 113 cm³/mol. The maximum Gasteiger partial charge on any atom is 0.410 e. The first-order chi connectivity index (χ1) is 13.7. The summed E-state index contributed by atoms with van der Waals surface area (Å²) in [7, 11) is 0. The summed E-state index contributed by atoms with van der Waals surface area (Å²) in [5, 5.41) is 2.49. The third-order valence-electron chi connectivity index (χ3n) is 4.33. The molecule has 1 amide bonds. The molecule has 29 heavy (non-hydrogen) atoms. The lowest BCUT2D eigenvalue weighted by molar-refractivity contribution is 0.0263. The highest BCUT2D eigenvalue weighted by Crippen LogP contribution is 2.34. The molecule has 0 spiro atoms. The highest BCUT2D eigenvalue weighted by molar-refractivity contribution is 7.17. The summed E-state index contributed by atoms with van der Waals surface area (Å²) < 4.78 is 10.7. The van der Waals surface area contributed by atoms with Gasteiger partial charge in [-0.3, -0.25) is 0 Å². The molecule has 0 atom stereocenters. The molecule has 0 bridgehead atoms. The molecule has 1 saturated heterocycles. The SMILES string of the molecule is CCOC(=O)c1csc2nc(Cl)nc(N3CCCN(C(=O)OC(C)(C)C)CC3)c12. The predicted octanol–water partition coefficient (Wildman–Crippen LogP) is 3.97. The molecule has 10 heteroatoms.